The molecule has 0 amide bonds. The Morgan fingerprint density at radius 2 is 1.64 bits per heavy atom. The van der Waals surface area contributed by atoms with Crippen LogP contribution in [0.25, 0.3) is 0 Å². The molecule has 0 heterocycles. The van der Waals surface area contributed by atoms with Crippen molar-refractivity contribution < 1.29 is 23.0 Å². The molecule has 0 unspecified atom stereocenters. The van der Waals surface area contributed by atoms with Gasteiger partial charge in [-0.2, -0.15) is 4.39 Å². The maximum Gasteiger partial charge on any atom is 0.228 e. The number of methoxy groups -OCH3 is 2. The molecule has 5 heteroatoms. The molecule has 0 saturated carbocycles. The molecule has 0 aliphatic heterocycles. The zero-order valence-corrected chi connectivity index (χ0v) is 7.84. The molecule has 0 saturated heterocycles. The van der Waals surface area contributed by atoms with Gasteiger partial charge in [-0.1, -0.05) is 0 Å². The number of benzene rings is 1. The summed E-state index contributed by atoms with van der Waals surface area (Å²) in [4.78, 5) is 0. The zero-order valence-electron chi connectivity index (χ0n) is 7.84. The summed E-state index contributed by atoms with van der Waals surface area (Å²) in [5.41, 5.74) is 0. The second kappa shape index (κ2) is 4.64. The number of ether oxygens (including phenoxy) is 3. The largest absolute Gasteiger partial charge is 0.493 e. The second-order valence-corrected chi connectivity index (χ2v) is 2.40. The van der Waals surface area contributed by atoms with Crippen molar-refractivity contribution >= 4 is 0 Å². The van der Waals surface area contributed by atoms with Gasteiger partial charge in [0.15, 0.2) is 11.5 Å². The van der Waals surface area contributed by atoms with E-state index in [1.165, 1.54) is 26.4 Å². The van der Waals surface area contributed by atoms with Crippen molar-refractivity contribution in [3.05, 3.63) is 17.9 Å². The summed E-state index contributed by atoms with van der Waals surface area (Å²) in [6.07, 6.45) is 0. The monoisotopic (exact) mass is 204 g/mol. The molecule has 0 spiro atoms. The van der Waals surface area contributed by atoms with E-state index < -0.39 is 12.7 Å². The van der Waals surface area contributed by atoms with Gasteiger partial charge in [0.05, 0.1) is 14.2 Å². The minimum atomic E-state index is -0.988. The van der Waals surface area contributed by atoms with Crippen molar-refractivity contribution in [3.63, 3.8) is 0 Å². The summed E-state index contributed by atoms with van der Waals surface area (Å²) < 4.78 is 39.1. The normalized spacial score (nSPS) is 9.71. The van der Waals surface area contributed by atoms with E-state index in [0.29, 0.717) is 0 Å². The number of halogens is 2. The van der Waals surface area contributed by atoms with Gasteiger partial charge in [0.1, 0.15) is 5.75 Å². The van der Waals surface area contributed by atoms with Crippen LogP contribution in [0.4, 0.5) is 8.78 Å². The molecule has 0 fully saturated rings. The molecular weight excluding hydrogens is 194 g/mol. The van der Waals surface area contributed by atoms with E-state index in [-0.39, 0.29) is 17.2 Å². The Kier molecular flexibility index (Phi) is 3.50. The number of alkyl halides is 1. The van der Waals surface area contributed by atoms with Crippen molar-refractivity contribution in [1.82, 2.24) is 0 Å². The molecule has 0 aromatic heterocycles. The van der Waals surface area contributed by atoms with Crippen LogP contribution in [0, 0.1) is 5.82 Å². The van der Waals surface area contributed by atoms with E-state index >= 15 is 0 Å². The lowest BCUT2D eigenvalue weighted by Gasteiger charge is -2.09. The van der Waals surface area contributed by atoms with E-state index in [1.54, 1.807) is 0 Å². The van der Waals surface area contributed by atoms with Crippen molar-refractivity contribution in [1.29, 1.82) is 0 Å². The molecular formula is C9H10F2O3. The lowest BCUT2D eigenvalue weighted by Crippen LogP contribution is -1.96. The summed E-state index contributed by atoms with van der Waals surface area (Å²) in [5.74, 6) is -0.579. The number of hydrogen-bond donors (Lipinski definition) is 0. The third-order valence-electron chi connectivity index (χ3n) is 1.64. The van der Waals surface area contributed by atoms with Crippen LogP contribution < -0.4 is 14.2 Å². The molecule has 78 valence electrons. The van der Waals surface area contributed by atoms with E-state index in [4.69, 9.17) is 9.47 Å². The van der Waals surface area contributed by atoms with Gasteiger partial charge in [-0.15, -0.1) is 0 Å². The molecule has 0 N–H and O–H groups in total. The van der Waals surface area contributed by atoms with Gasteiger partial charge in [-0.05, 0) is 0 Å². The van der Waals surface area contributed by atoms with Crippen molar-refractivity contribution in [2.75, 3.05) is 21.1 Å². The first-order valence-corrected chi connectivity index (χ1v) is 3.83. The van der Waals surface area contributed by atoms with Gasteiger partial charge in [0.25, 0.3) is 0 Å². The fourth-order valence-electron chi connectivity index (χ4n) is 0.992. The lowest BCUT2D eigenvalue weighted by atomic mass is 10.3. The fourth-order valence-corrected chi connectivity index (χ4v) is 0.992. The maximum absolute atomic E-state index is 13.3. The predicted octanol–water partition coefficient (Wildman–Crippen LogP) is 2.15. The highest BCUT2D eigenvalue weighted by Gasteiger charge is 2.12. The highest BCUT2D eigenvalue weighted by atomic mass is 19.1. The average Bonchev–Trinajstić information content (AvgIpc) is 2.20. The Morgan fingerprint density at radius 1 is 1.14 bits per heavy atom. The van der Waals surface area contributed by atoms with E-state index in [1.807, 2.05) is 0 Å². The molecule has 0 bridgehead atoms. The van der Waals surface area contributed by atoms with Crippen LogP contribution in [0.3, 0.4) is 0 Å². The Morgan fingerprint density at radius 3 is 2.00 bits per heavy atom. The quantitative estimate of drug-likeness (QED) is 0.752. The van der Waals surface area contributed by atoms with Gasteiger partial charge < -0.3 is 14.2 Å². The number of hydrogen-bond acceptors (Lipinski definition) is 3. The summed E-state index contributed by atoms with van der Waals surface area (Å²) >= 11 is 0. The Hall–Kier alpha value is -1.52. The Balaban J connectivity index is 3.11. The van der Waals surface area contributed by atoms with Gasteiger partial charge in [-0.25, -0.2) is 4.39 Å². The highest BCUT2D eigenvalue weighted by molar-refractivity contribution is 5.43. The van der Waals surface area contributed by atoms with Crippen LogP contribution in [0.1, 0.15) is 0 Å². The maximum atomic E-state index is 13.3. The molecule has 0 aliphatic carbocycles. The van der Waals surface area contributed by atoms with Crippen LogP contribution >= 0.6 is 0 Å². The van der Waals surface area contributed by atoms with E-state index in [0.717, 1.165) is 0 Å². The van der Waals surface area contributed by atoms with Gasteiger partial charge in [0.2, 0.25) is 12.7 Å². The Labute approximate surface area is 80.2 Å². The fraction of sp³-hybridized carbons (Fsp3) is 0.333. The van der Waals surface area contributed by atoms with Crippen molar-refractivity contribution in [2.24, 2.45) is 0 Å². The first-order chi connectivity index (χ1) is 6.72. The van der Waals surface area contributed by atoms with E-state index in [2.05, 4.69) is 4.74 Å². The zero-order chi connectivity index (χ0) is 10.6. The van der Waals surface area contributed by atoms with Crippen LogP contribution in [0.5, 0.6) is 17.2 Å². The van der Waals surface area contributed by atoms with Crippen LogP contribution in [-0.4, -0.2) is 21.1 Å². The van der Waals surface area contributed by atoms with Crippen molar-refractivity contribution in [2.45, 2.75) is 0 Å². The number of rotatable bonds is 4. The third kappa shape index (κ3) is 2.04. The summed E-state index contributed by atoms with van der Waals surface area (Å²) in [7, 11) is 2.61. The van der Waals surface area contributed by atoms with Crippen molar-refractivity contribution in [3.8, 4) is 17.2 Å². The molecule has 1 aromatic rings. The molecule has 14 heavy (non-hydrogen) atoms. The first kappa shape index (κ1) is 10.6. The van der Waals surface area contributed by atoms with Crippen LogP contribution in [-0.2, 0) is 0 Å². The molecule has 3 nitrogen and oxygen atoms in total. The molecule has 1 rings (SSSR count). The second-order valence-electron chi connectivity index (χ2n) is 2.40. The van der Waals surface area contributed by atoms with Gasteiger partial charge >= 0.3 is 0 Å². The first-order valence-electron chi connectivity index (χ1n) is 3.83. The average molecular weight is 204 g/mol. The SMILES string of the molecule is COc1cc(OCF)cc(OC)c1F. The standard InChI is InChI=1S/C9H10F2O3/c1-12-7-3-6(14-5-10)4-8(13-2)9(7)11/h3-4H,5H2,1-2H3. The topological polar surface area (TPSA) is 27.7 Å². The van der Waals surface area contributed by atoms with Crippen LogP contribution in [0.15, 0.2) is 12.1 Å². The van der Waals surface area contributed by atoms with Gasteiger partial charge in [0, 0.05) is 12.1 Å². The minimum absolute atomic E-state index is 0.0483. The molecule has 0 aliphatic rings. The highest BCUT2D eigenvalue weighted by Crippen LogP contribution is 2.32. The summed E-state index contributed by atoms with van der Waals surface area (Å²) in [5, 5.41) is 0. The van der Waals surface area contributed by atoms with Gasteiger partial charge in [-0.3, -0.25) is 0 Å². The minimum Gasteiger partial charge on any atom is -0.493 e. The Bertz CT molecular complexity index is 290. The smallest absolute Gasteiger partial charge is 0.228 e. The molecule has 1 aromatic carbocycles. The third-order valence-corrected chi connectivity index (χ3v) is 1.64. The summed E-state index contributed by atoms with van der Waals surface area (Å²) in [6, 6.07) is 2.49. The summed E-state index contributed by atoms with van der Waals surface area (Å²) in [6.45, 7) is -0.988. The lowest BCUT2D eigenvalue weighted by molar-refractivity contribution is 0.190. The van der Waals surface area contributed by atoms with Crippen LogP contribution in [0.2, 0.25) is 0 Å². The van der Waals surface area contributed by atoms with E-state index in [9.17, 15) is 8.78 Å². The molecule has 0 radical (unpaired) electrons. The predicted molar refractivity (Wildman–Crippen MR) is 46.1 cm³/mol. The molecule has 0 atom stereocenters.